The summed E-state index contributed by atoms with van der Waals surface area (Å²) in [7, 11) is 3.15. The van der Waals surface area contributed by atoms with Crippen LogP contribution in [-0.4, -0.2) is 32.7 Å². The zero-order valence-electron chi connectivity index (χ0n) is 17.7. The molecule has 1 unspecified atom stereocenters. The van der Waals surface area contributed by atoms with Crippen LogP contribution >= 0.6 is 11.3 Å². The molecule has 0 spiro atoms. The quantitative estimate of drug-likeness (QED) is 0.493. The molecule has 7 heteroatoms. The number of nitrogens with one attached hydrogen (secondary N) is 1. The minimum Gasteiger partial charge on any atom is -0.497 e. The molecule has 160 valence electrons. The molecule has 1 amide bonds. The van der Waals surface area contributed by atoms with Crippen molar-refractivity contribution in [1.82, 2.24) is 0 Å². The molecule has 1 atom stereocenters. The molecule has 3 rings (SSSR count). The number of ether oxygens (including phenoxy) is 3. The molecule has 1 N–H and O–H groups in total. The largest absolute Gasteiger partial charge is 0.497 e. The molecular formula is C23H27NO5S. The summed E-state index contributed by atoms with van der Waals surface area (Å²) >= 11 is 1.47. The van der Waals surface area contributed by atoms with Crippen LogP contribution in [0, 0.1) is 0 Å². The number of amides is 1. The van der Waals surface area contributed by atoms with Crippen molar-refractivity contribution in [2.45, 2.75) is 39.0 Å². The number of esters is 1. The highest BCUT2D eigenvalue weighted by Gasteiger charge is 2.30. The van der Waals surface area contributed by atoms with E-state index in [0.29, 0.717) is 28.7 Å². The van der Waals surface area contributed by atoms with Crippen molar-refractivity contribution >= 4 is 34.3 Å². The molecule has 1 aromatic heterocycles. The van der Waals surface area contributed by atoms with Gasteiger partial charge in [-0.3, -0.25) is 4.79 Å². The standard InChI is InChI=1S/C23H27NO5S/c1-5-29-23(26)21-20-14(2)7-6-8-18(20)30-22(21)24-19(25)12-10-15-9-11-16(27-3)13-17(15)28-4/h9-14H,5-8H2,1-4H3,(H,24,25). The van der Waals surface area contributed by atoms with Gasteiger partial charge in [-0.25, -0.2) is 4.79 Å². The molecule has 1 aliphatic rings. The van der Waals surface area contributed by atoms with Gasteiger partial charge in [-0.1, -0.05) is 6.92 Å². The maximum absolute atomic E-state index is 12.6. The van der Waals surface area contributed by atoms with Gasteiger partial charge in [0.15, 0.2) is 0 Å². The summed E-state index contributed by atoms with van der Waals surface area (Å²) in [6.07, 6.45) is 6.14. The number of rotatable bonds is 7. The van der Waals surface area contributed by atoms with Gasteiger partial charge in [-0.05, 0) is 55.9 Å². The average Bonchev–Trinajstić information content (AvgIpc) is 3.11. The molecule has 2 aromatic rings. The van der Waals surface area contributed by atoms with E-state index in [4.69, 9.17) is 14.2 Å². The van der Waals surface area contributed by atoms with Gasteiger partial charge in [-0.2, -0.15) is 0 Å². The Balaban J connectivity index is 1.85. The van der Waals surface area contributed by atoms with E-state index < -0.39 is 0 Å². The average molecular weight is 430 g/mol. The zero-order valence-corrected chi connectivity index (χ0v) is 18.6. The van der Waals surface area contributed by atoms with Crippen molar-refractivity contribution in [1.29, 1.82) is 0 Å². The Kier molecular flexibility index (Phi) is 7.15. The maximum Gasteiger partial charge on any atom is 0.341 e. The normalized spacial score (nSPS) is 15.5. The third-order valence-electron chi connectivity index (χ3n) is 5.13. The number of methoxy groups -OCH3 is 2. The van der Waals surface area contributed by atoms with Gasteiger partial charge in [0.05, 0.1) is 26.4 Å². The lowest BCUT2D eigenvalue weighted by Gasteiger charge is -2.19. The second-order valence-electron chi connectivity index (χ2n) is 7.09. The molecule has 0 saturated heterocycles. The van der Waals surface area contributed by atoms with Gasteiger partial charge < -0.3 is 19.5 Å². The van der Waals surface area contributed by atoms with Gasteiger partial charge in [0.1, 0.15) is 16.5 Å². The molecule has 1 heterocycles. The Labute approximate surface area is 180 Å². The highest BCUT2D eigenvalue weighted by Crippen LogP contribution is 2.43. The summed E-state index contributed by atoms with van der Waals surface area (Å²) in [5.74, 6) is 0.857. The van der Waals surface area contributed by atoms with Crippen molar-refractivity contribution in [3.8, 4) is 11.5 Å². The molecule has 1 aromatic carbocycles. The maximum atomic E-state index is 12.6. The van der Waals surface area contributed by atoms with E-state index in [0.717, 1.165) is 35.3 Å². The lowest BCUT2D eigenvalue weighted by Crippen LogP contribution is -2.15. The van der Waals surface area contributed by atoms with E-state index in [1.807, 2.05) is 6.07 Å². The smallest absolute Gasteiger partial charge is 0.341 e. The molecule has 1 aliphatic carbocycles. The number of benzene rings is 1. The lowest BCUT2D eigenvalue weighted by atomic mass is 9.86. The molecule has 0 aliphatic heterocycles. The number of thiophene rings is 1. The van der Waals surface area contributed by atoms with Crippen LogP contribution in [-0.2, 0) is 16.0 Å². The first kappa shape index (κ1) is 21.9. The van der Waals surface area contributed by atoms with E-state index in [9.17, 15) is 9.59 Å². The van der Waals surface area contributed by atoms with Gasteiger partial charge >= 0.3 is 5.97 Å². The number of carbonyl (C=O) groups is 2. The number of hydrogen-bond donors (Lipinski definition) is 1. The third-order valence-corrected chi connectivity index (χ3v) is 6.31. The molecule has 0 saturated carbocycles. The highest BCUT2D eigenvalue weighted by molar-refractivity contribution is 7.17. The predicted molar refractivity (Wildman–Crippen MR) is 119 cm³/mol. The summed E-state index contributed by atoms with van der Waals surface area (Å²) < 4.78 is 15.8. The highest BCUT2D eigenvalue weighted by atomic mass is 32.1. The number of hydrogen-bond acceptors (Lipinski definition) is 6. The number of carbonyl (C=O) groups excluding carboxylic acids is 2. The van der Waals surface area contributed by atoms with Gasteiger partial charge in [-0.15, -0.1) is 11.3 Å². The summed E-state index contributed by atoms with van der Waals surface area (Å²) in [5, 5.41) is 3.44. The summed E-state index contributed by atoms with van der Waals surface area (Å²) in [4.78, 5) is 26.4. The van der Waals surface area contributed by atoms with Gasteiger partial charge in [0.2, 0.25) is 5.91 Å². The van der Waals surface area contributed by atoms with Crippen LogP contribution in [0.2, 0.25) is 0 Å². The van der Waals surface area contributed by atoms with Crippen LogP contribution in [0.5, 0.6) is 11.5 Å². The third kappa shape index (κ3) is 4.67. The fourth-order valence-electron chi connectivity index (χ4n) is 3.68. The summed E-state index contributed by atoms with van der Waals surface area (Å²) in [6, 6.07) is 5.37. The van der Waals surface area contributed by atoms with Gasteiger partial charge in [0, 0.05) is 22.6 Å². The molecular weight excluding hydrogens is 402 g/mol. The Morgan fingerprint density at radius 3 is 2.77 bits per heavy atom. The fraction of sp³-hybridized carbons (Fsp3) is 0.391. The lowest BCUT2D eigenvalue weighted by molar-refractivity contribution is -0.111. The van der Waals surface area contributed by atoms with Crippen LogP contribution in [0.25, 0.3) is 6.08 Å². The number of fused-ring (bicyclic) bond motifs is 1. The Morgan fingerprint density at radius 1 is 1.27 bits per heavy atom. The second kappa shape index (κ2) is 9.80. The van der Waals surface area contributed by atoms with Crippen LogP contribution < -0.4 is 14.8 Å². The van der Waals surface area contributed by atoms with Crippen LogP contribution in [0.15, 0.2) is 24.3 Å². The topological polar surface area (TPSA) is 73.9 Å². The van der Waals surface area contributed by atoms with Crippen molar-refractivity contribution in [2.24, 2.45) is 0 Å². The van der Waals surface area contributed by atoms with E-state index >= 15 is 0 Å². The Bertz CT molecular complexity index is 963. The fourth-order valence-corrected chi connectivity index (χ4v) is 5.03. The predicted octanol–water partition coefficient (Wildman–Crippen LogP) is 5.03. The monoisotopic (exact) mass is 429 g/mol. The van der Waals surface area contributed by atoms with E-state index in [2.05, 4.69) is 12.2 Å². The van der Waals surface area contributed by atoms with Crippen molar-refractivity contribution in [2.75, 3.05) is 26.1 Å². The van der Waals surface area contributed by atoms with Crippen molar-refractivity contribution in [3.05, 3.63) is 45.8 Å². The molecule has 6 nitrogen and oxygen atoms in total. The van der Waals surface area contributed by atoms with Crippen LogP contribution in [0.4, 0.5) is 5.00 Å². The molecule has 0 bridgehead atoms. The van der Waals surface area contributed by atoms with E-state index in [1.54, 1.807) is 39.4 Å². The number of aryl methyl sites for hydroxylation is 1. The molecule has 0 fully saturated rings. The SMILES string of the molecule is CCOC(=O)c1c(NC(=O)C=Cc2ccc(OC)cc2OC)sc2c1C(C)CCC2. The zero-order chi connectivity index (χ0) is 21.7. The minimum absolute atomic E-state index is 0.272. The first-order valence-corrected chi connectivity index (χ1v) is 10.8. The van der Waals surface area contributed by atoms with E-state index in [1.165, 1.54) is 17.4 Å². The number of anilines is 1. The first-order valence-electron chi connectivity index (χ1n) is 10.0. The molecule has 0 radical (unpaired) electrons. The first-order chi connectivity index (χ1) is 14.5. The minimum atomic E-state index is -0.375. The van der Waals surface area contributed by atoms with E-state index in [-0.39, 0.29) is 17.8 Å². The Hall–Kier alpha value is -2.80. The Morgan fingerprint density at radius 2 is 2.07 bits per heavy atom. The van der Waals surface area contributed by atoms with Crippen molar-refractivity contribution < 1.29 is 23.8 Å². The summed E-state index contributed by atoms with van der Waals surface area (Å²) in [5.41, 5.74) is 2.28. The molecule has 30 heavy (non-hydrogen) atoms. The summed E-state index contributed by atoms with van der Waals surface area (Å²) in [6.45, 7) is 4.20. The second-order valence-corrected chi connectivity index (χ2v) is 8.19. The van der Waals surface area contributed by atoms with Crippen LogP contribution in [0.3, 0.4) is 0 Å². The van der Waals surface area contributed by atoms with Crippen molar-refractivity contribution in [3.63, 3.8) is 0 Å². The van der Waals surface area contributed by atoms with Crippen LogP contribution in [0.1, 0.15) is 59.0 Å². The van der Waals surface area contributed by atoms with Gasteiger partial charge in [0.25, 0.3) is 0 Å².